The van der Waals surface area contributed by atoms with E-state index in [-0.39, 0.29) is 12.3 Å². The van der Waals surface area contributed by atoms with Gasteiger partial charge in [-0.15, -0.1) is 11.3 Å². The minimum absolute atomic E-state index is 0.145. The third-order valence-electron chi connectivity index (χ3n) is 4.96. The van der Waals surface area contributed by atoms with Crippen LogP contribution in [0.2, 0.25) is 0 Å². The number of unbranched alkanes of at least 4 members (excludes halogenated alkanes) is 1. The van der Waals surface area contributed by atoms with Gasteiger partial charge in [-0.25, -0.2) is 19.6 Å². The van der Waals surface area contributed by atoms with E-state index in [9.17, 15) is 14.4 Å². The van der Waals surface area contributed by atoms with Crippen molar-refractivity contribution >= 4 is 28.5 Å². The van der Waals surface area contributed by atoms with Gasteiger partial charge in [0.15, 0.2) is 16.9 Å². The summed E-state index contributed by atoms with van der Waals surface area (Å²) in [6.07, 6.45) is 5.49. The lowest BCUT2D eigenvalue weighted by Crippen LogP contribution is -2.31. The second-order valence-corrected chi connectivity index (χ2v) is 8.10. The average Bonchev–Trinajstić information content (AvgIpc) is 3.52. The van der Waals surface area contributed by atoms with Gasteiger partial charge in [0.05, 0.1) is 6.26 Å². The molecule has 4 aromatic rings. The number of aryl methyl sites for hydroxylation is 2. The van der Waals surface area contributed by atoms with Gasteiger partial charge in [0.1, 0.15) is 23.7 Å². The van der Waals surface area contributed by atoms with E-state index in [1.807, 2.05) is 13.8 Å². The number of carbonyl (C=O) groups is 1. The topological polar surface area (TPSA) is 125 Å². The number of fused-ring (bicyclic) bond motifs is 1. The fraction of sp³-hybridized carbons (Fsp3) is 0.381. The Labute approximate surface area is 186 Å². The number of aromatic amines is 1. The minimum Gasteiger partial charge on any atom is -0.472 e. The summed E-state index contributed by atoms with van der Waals surface area (Å²) in [4.78, 5) is 48.6. The lowest BCUT2D eigenvalue weighted by Gasteiger charge is -2.08. The fourth-order valence-electron chi connectivity index (χ4n) is 3.41. The molecule has 168 valence electrons. The van der Waals surface area contributed by atoms with Gasteiger partial charge in [-0.3, -0.25) is 14.3 Å². The summed E-state index contributed by atoms with van der Waals surface area (Å²) in [5.74, 6) is -0.190. The van der Waals surface area contributed by atoms with E-state index in [2.05, 4.69) is 15.0 Å². The molecule has 0 unspecified atom stereocenters. The number of nitrogens with one attached hydrogen (secondary N) is 1. The van der Waals surface area contributed by atoms with Crippen molar-refractivity contribution in [1.82, 2.24) is 24.1 Å². The molecular formula is C21H23N5O5S. The van der Waals surface area contributed by atoms with Gasteiger partial charge < -0.3 is 13.7 Å². The summed E-state index contributed by atoms with van der Waals surface area (Å²) in [5, 5.41) is 2.27. The molecule has 0 saturated heterocycles. The van der Waals surface area contributed by atoms with Gasteiger partial charge in [-0.2, -0.15) is 0 Å². The number of hydrogen-bond donors (Lipinski definition) is 1. The molecule has 11 heteroatoms. The second-order valence-electron chi connectivity index (χ2n) is 7.24. The molecule has 0 atom stereocenters. The van der Waals surface area contributed by atoms with Gasteiger partial charge in [-0.05, 0) is 18.9 Å². The lowest BCUT2D eigenvalue weighted by molar-refractivity contribution is 0.0452. The molecule has 0 aliphatic heterocycles. The third-order valence-corrected chi connectivity index (χ3v) is 5.85. The van der Waals surface area contributed by atoms with E-state index in [0.717, 1.165) is 24.8 Å². The van der Waals surface area contributed by atoms with Crippen molar-refractivity contribution < 1.29 is 13.9 Å². The van der Waals surface area contributed by atoms with Crippen molar-refractivity contribution in [3.8, 4) is 10.6 Å². The largest absolute Gasteiger partial charge is 0.472 e. The van der Waals surface area contributed by atoms with Crippen molar-refractivity contribution in [2.24, 2.45) is 0 Å². The number of rotatable bonds is 9. The van der Waals surface area contributed by atoms with Crippen LogP contribution in [0.4, 0.5) is 0 Å². The van der Waals surface area contributed by atoms with Crippen LogP contribution in [0, 0.1) is 0 Å². The van der Waals surface area contributed by atoms with Crippen molar-refractivity contribution in [3.05, 3.63) is 56.3 Å². The minimum atomic E-state index is -0.594. The van der Waals surface area contributed by atoms with Crippen LogP contribution in [0.5, 0.6) is 0 Å². The molecule has 0 fully saturated rings. The molecule has 0 amide bonds. The Morgan fingerprint density at radius 3 is 2.75 bits per heavy atom. The van der Waals surface area contributed by atoms with E-state index < -0.39 is 17.2 Å². The molecule has 10 nitrogen and oxygen atoms in total. The predicted molar refractivity (Wildman–Crippen MR) is 119 cm³/mol. The molecule has 0 aromatic carbocycles. The highest BCUT2D eigenvalue weighted by atomic mass is 32.1. The summed E-state index contributed by atoms with van der Waals surface area (Å²) >= 11 is 1.31. The first-order chi connectivity index (χ1) is 15.5. The van der Waals surface area contributed by atoms with Crippen LogP contribution >= 0.6 is 11.3 Å². The van der Waals surface area contributed by atoms with E-state index in [0.29, 0.717) is 35.1 Å². The lowest BCUT2D eigenvalue weighted by atomic mass is 10.3. The first-order valence-corrected chi connectivity index (χ1v) is 11.3. The molecule has 32 heavy (non-hydrogen) atoms. The maximum atomic E-state index is 12.6. The van der Waals surface area contributed by atoms with Crippen LogP contribution in [-0.2, 0) is 24.4 Å². The number of furan rings is 1. The summed E-state index contributed by atoms with van der Waals surface area (Å²) < 4.78 is 13.7. The summed E-state index contributed by atoms with van der Waals surface area (Å²) in [6, 6.07) is 1.76. The van der Waals surface area contributed by atoms with Gasteiger partial charge in [0.25, 0.3) is 5.56 Å². The van der Waals surface area contributed by atoms with Crippen LogP contribution in [0.3, 0.4) is 0 Å². The number of ether oxygens (including phenoxy) is 1. The third kappa shape index (κ3) is 4.15. The summed E-state index contributed by atoms with van der Waals surface area (Å²) in [7, 11) is 0. The molecule has 0 spiro atoms. The summed E-state index contributed by atoms with van der Waals surface area (Å²) in [6.45, 7) is 4.79. The first-order valence-electron chi connectivity index (χ1n) is 10.4. The van der Waals surface area contributed by atoms with Crippen molar-refractivity contribution in [2.75, 3.05) is 0 Å². The maximum Gasteiger partial charge on any atom is 0.358 e. The Hall–Kier alpha value is -3.47. The zero-order chi connectivity index (χ0) is 22.7. The number of nitrogens with zero attached hydrogens (tertiary/aromatic N) is 4. The Kier molecular flexibility index (Phi) is 6.35. The second kappa shape index (κ2) is 9.35. The van der Waals surface area contributed by atoms with Crippen LogP contribution in [0.15, 0.2) is 38.0 Å². The Bertz CT molecular complexity index is 1350. The normalized spacial score (nSPS) is 11.3. The Morgan fingerprint density at radius 2 is 2.03 bits per heavy atom. The first kappa shape index (κ1) is 21.8. The molecule has 4 aromatic heterocycles. The quantitative estimate of drug-likeness (QED) is 0.383. The number of thiazole rings is 1. The standard InChI is InChI=1S/C21H23N5O5S/c1-3-5-8-26-17-16(18(27)24-21(26)29)25(7-4-2)15(23-17)11-31-20(28)14-12-32-19(22-14)13-6-9-30-10-13/h6,9-10,12H,3-5,7-8,11H2,1-2H3,(H,24,27,29). The number of imidazole rings is 1. The zero-order valence-electron chi connectivity index (χ0n) is 17.8. The molecule has 4 heterocycles. The molecule has 0 bridgehead atoms. The van der Waals surface area contributed by atoms with Gasteiger partial charge >= 0.3 is 11.7 Å². The molecule has 0 aliphatic carbocycles. The van der Waals surface area contributed by atoms with Crippen LogP contribution in [0.25, 0.3) is 21.7 Å². The molecule has 0 saturated carbocycles. The fourth-order valence-corrected chi connectivity index (χ4v) is 4.18. The summed E-state index contributed by atoms with van der Waals surface area (Å²) in [5.41, 5.74) is 0.590. The SMILES string of the molecule is CCCCn1c(=O)[nH]c(=O)c2c1nc(COC(=O)c1csc(-c3ccoc3)n1)n2CCC. The number of H-pyrrole nitrogens is 1. The van der Waals surface area contributed by atoms with Crippen LogP contribution < -0.4 is 11.2 Å². The highest BCUT2D eigenvalue weighted by Gasteiger charge is 2.20. The van der Waals surface area contributed by atoms with Crippen molar-refractivity contribution in [3.63, 3.8) is 0 Å². The smallest absolute Gasteiger partial charge is 0.358 e. The van der Waals surface area contributed by atoms with Crippen molar-refractivity contribution in [2.45, 2.75) is 52.8 Å². The van der Waals surface area contributed by atoms with E-state index in [4.69, 9.17) is 9.15 Å². The number of aromatic nitrogens is 5. The molecule has 0 radical (unpaired) electrons. The van der Waals surface area contributed by atoms with E-state index >= 15 is 0 Å². The van der Waals surface area contributed by atoms with Crippen LogP contribution in [-0.4, -0.2) is 30.1 Å². The monoisotopic (exact) mass is 457 g/mol. The van der Waals surface area contributed by atoms with Gasteiger partial charge in [0, 0.05) is 24.0 Å². The Balaban J connectivity index is 1.63. The number of esters is 1. The molecular weight excluding hydrogens is 434 g/mol. The van der Waals surface area contributed by atoms with Gasteiger partial charge in [-0.1, -0.05) is 20.3 Å². The molecule has 4 rings (SSSR count). The van der Waals surface area contributed by atoms with E-state index in [1.54, 1.807) is 22.3 Å². The maximum absolute atomic E-state index is 12.6. The zero-order valence-corrected chi connectivity index (χ0v) is 18.6. The molecule has 1 N–H and O–H groups in total. The highest BCUT2D eigenvalue weighted by Crippen LogP contribution is 2.24. The van der Waals surface area contributed by atoms with E-state index in [1.165, 1.54) is 22.2 Å². The average molecular weight is 458 g/mol. The van der Waals surface area contributed by atoms with Crippen molar-refractivity contribution in [1.29, 1.82) is 0 Å². The van der Waals surface area contributed by atoms with Gasteiger partial charge in [0.2, 0.25) is 0 Å². The highest BCUT2D eigenvalue weighted by molar-refractivity contribution is 7.13. The Morgan fingerprint density at radius 1 is 1.19 bits per heavy atom. The predicted octanol–water partition coefficient (Wildman–Crippen LogP) is 3.17. The van der Waals surface area contributed by atoms with Crippen LogP contribution in [0.1, 0.15) is 49.4 Å². The number of hydrogen-bond acceptors (Lipinski definition) is 8. The number of carbonyl (C=O) groups excluding carboxylic acids is 1. The molecule has 0 aliphatic rings.